The number of hydrogen-bond donors (Lipinski definition) is 0. The molecule has 0 saturated heterocycles. The minimum Gasteiger partial charge on any atom is -0.664 e. The minimum absolute atomic E-state index is 0. The van der Waals surface area contributed by atoms with Crippen LogP contribution in [0.4, 0.5) is 0 Å². The van der Waals surface area contributed by atoms with E-state index in [4.69, 9.17) is 4.98 Å². The molecule has 0 rings (SSSR count). The summed E-state index contributed by atoms with van der Waals surface area (Å²) in [6.45, 7) is 27.1. The van der Waals surface area contributed by atoms with Crippen LogP contribution in [0.25, 0.3) is 9.96 Å². The van der Waals surface area contributed by atoms with Crippen molar-refractivity contribution < 1.29 is 16.8 Å². The Bertz CT molecular complexity index is 302. The number of hydrogen-bond acceptors (Lipinski definition) is 1. The van der Waals surface area contributed by atoms with Gasteiger partial charge in [-0.2, -0.15) is 0 Å². The van der Waals surface area contributed by atoms with Gasteiger partial charge in [0.25, 0.3) is 0 Å². The molecule has 0 aliphatic carbocycles. The summed E-state index contributed by atoms with van der Waals surface area (Å²) in [4.78, 5) is 11.8. The number of nitrogens with zero attached hydrogens (tertiary/aromatic N) is 3. The zero-order valence-electron chi connectivity index (χ0n) is 18.8. The smallest absolute Gasteiger partial charge is 0.664 e. The molecule has 0 aromatic carbocycles. The molecule has 0 aliphatic rings. The Labute approximate surface area is 166 Å². The van der Waals surface area contributed by atoms with Crippen molar-refractivity contribution in [3.05, 3.63) is 9.96 Å². The predicted molar refractivity (Wildman–Crippen MR) is 115 cm³/mol. The van der Waals surface area contributed by atoms with Gasteiger partial charge in [-0.1, -0.05) is 102 Å². The van der Waals surface area contributed by atoms with E-state index in [0.717, 1.165) is 13.1 Å². The molecule has 0 N–H and O–H groups in total. The molecule has 3 nitrogen and oxygen atoms in total. The standard InChI is InChI=1S/C11H27N2Si.C7H18NSi.Co/c1-11(2,3)14(6,7)12-9-8-10-13(4)5;1-7(2,3)8-9(4,5)6;/h8-10H2,1-7H3;1-6H3;/q2*-1;+3. The van der Waals surface area contributed by atoms with E-state index in [1.54, 1.807) is 0 Å². The molecule has 0 atom stereocenters. The van der Waals surface area contributed by atoms with Gasteiger partial charge in [-0.15, -0.1) is 12.1 Å². The normalized spacial score (nSPS) is 13.2. The Hall–Kier alpha value is 0.820. The van der Waals surface area contributed by atoms with Crippen molar-refractivity contribution in [2.45, 2.75) is 91.3 Å². The van der Waals surface area contributed by atoms with Crippen molar-refractivity contribution in [2.24, 2.45) is 0 Å². The van der Waals surface area contributed by atoms with Crippen LogP contribution in [0.1, 0.15) is 48.0 Å². The van der Waals surface area contributed by atoms with E-state index in [-0.39, 0.29) is 22.3 Å². The topological polar surface area (TPSA) is 31.4 Å². The van der Waals surface area contributed by atoms with Crippen LogP contribution >= 0.6 is 0 Å². The molecular formula is C18H45CoN3Si2+. The SMILES string of the molecule is CC(C)(C)[N-][Si](C)(C)C.CN(C)CCC[N-][Si](C)(C)C(C)(C)C.[Co+3]. The van der Waals surface area contributed by atoms with Gasteiger partial charge in [0, 0.05) is 0 Å². The fraction of sp³-hybridized carbons (Fsp3) is 1.00. The summed E-state index contributed by atoms with van der Waals surface area (Å²) in [6.07, 6.45) is 1.19. The molecule has 0 fully saturated rings. The van der Waals surface area contributed by atoms with Crippen LogP contribution in [-0.2, 0) is 16.8 Å². The van der Waals surface area contributed by atoms with Crippen molar-refractivity contribution in [1.82, 2.24) is 4.90 Å². The van der Waals surface area contributed by atoms with Crippen molar-refractivity contribution in [3.63, 3.8) is 0 Å². The van der Waals surface area contributed by atoms with Gasteiger partial charge < -0.3 is 14.9 Å². The van der Waals surface area contributed by atoms with E-state index >= 15 is 0 Å². The minimum atomic E-state index is -1.37. The third-order valence-corrected chi connectivity index (χ3v) is 9.80. The maximum Gasteiger partial charge on any atom is 3.00 e. The monoisotopic (exact) mass is 418 g/mol. The molecule has 0 aliphatic heterocycles. The van der Waals surface area contributed by atoms with Gasteiger partial charge in [0.05, 0.1) is 0 Å². The zero-order valence-corrected chi connectivity index (χ0v) is 21.8. The third kappa shape index (κ3) is 19.1. The van der Waals surface area contributed by atoms with Gasteiger partial charge in [-0.05, 0) is 20.6 Å². The van der Waals surface area contributed by atoms with Crippen LogP contribution in [0.2, 0.25) is 37.8 Å². The van der Waals surface area contributed by atoms with Crippen LogP contribution < -0.4 is 0 Å². The van der Waals surface area contributed by atoms with Crippen molar-refractivity contribution in [1.29, 1.82) is 0 Å². The average molecular weight is 419 g/mol. The summed E-state index contributed by atoms with van der Waals surface area (Å²) >= 11 is 0. The predicted octanol–water partition coefficient (Wildman–Crippen LogP) is 6.31. The second-order valence-electron chi connectivity index (χ2n) is 10.3. The van der Waals surface area contributed by atoms with Crippen LogP contribution in [0, 0.1) is 0 Å². The van der Waals surface area contributed by atoms with E-state index in [0.29, 0.717) is 5.04 Å². The maximum absolute atomic E-state index is 4.91. The zero-order chi connectivity index (χ0) is 19.1. The summed E-state index contributed by atoms with van der Waals surface area (Å²) in [5.74, 6) is 0. The summed E-state index contributed by atoms with van der Waals surface area (Å²) in [6, 6.07) is 0. The summed E-state index contributed by atoms with van der Waals surface area (Å²) in [5.41, 5.74) is 0.171. The molecule has 0 saturated carbocycles. The molecule has 0 unspecified atom stereocenters. The summed E-state index contributed by atoms with van der Waals surface area (Å²) in [5, 5.41) is 0.394. The molecule has 0 bridgehead atoms. The van der Waals surface area contributed by atoms with Crippen molar-refractivity contribution >= 4 is 16.5 Å². The number of rotatable bonds is 6. The van der Waals surface area contributed by atoms with E-state index in [1.807, 2.05) is 0 Å². The molecule has 0 aromatic heterocycles. The molecule has 24 heavy (non-hydrogen) atoms. The largest absolute Gasteiger partial charge is 3.00 e. The average Bonchev–Trinajstić information content (AvgIpc) is 2.18. The maximum atomic E-state index is 4.91. The van der Waals surface area contributed by atoms with Crippen LogP contribution in [-0.4, -0.2) is 54.1 Å². The first-order valence-electron chi connectivity index (χ1n) is 8.95. The van der Waals surface area contributed by atoms with Gasteiger partial charge in [0.15, 0.2) is 0 Å². The van der Waals surface area contributed by atoms with Gasteiger partial charge in [0.1, 0.15) is 0 Å². The van der Waals surface area contributed by atoms with Gasteiger partial charge in [0.2, 0.25) is 0 Å². The van der Waals surface area contributed by atoms with E-state index in [9.17, 15) is 0 Å². The van der Waals surface area contributed by atoms with Crippen molar-refractivity contribution in [2.75, 3.05) is 27.2 Å². The second-order valence-corrected chi connectivity index (χ2v) is 19.8. The molecule has 148 valence electrons. The first-order valence-corrected chi connectivity index (χ1v) is 15.3. The van der Waals surface area contributed by atoms with Gasteiger partial charge >= 0.3 is 16.8 Å². The fourth-order valence-corrected chi connectivity index (χ4v) is 5.19. The molecule has 0 aromatic rings. The molecule has 0 spiro atoms. The molecule has 0 amide bonds. The Kier molecular flexibility index (Phi) is 14.2. The Morgan fingerprint density at radius 2 is 1.25 bits per heavy atom. The first kappa shape index (κ1) is 29.6. The first-order chi connectivity index (χ1) is 9.87. The van der Waals surface area contributed by atoms with Crippen molar-refractivity contribution in [3.8, 4) is 0 Å². The Morgan fingerprint density at radius 1 is 0.833 bits per heavy atom. The van der Waals surface area contributed by atoms with Gasteiger partial charge in [-0.25, -0.2) is 0 Å². The van der Waals surface area contributed by atoms with E-state index < -0.39 is 16.5 Å². The Balaban J connectivity index is -0.000000385. The fourth-order valence-electron chi connectivity index (χ4n) is 1.99. The van der Waals surface area contributed by atoms with Gasteiger partial charge in [-0.3, -0.25) is 0 Å². The summed E-state index contributed by atoms with van der Waals surface area (Å²) in [7, 11) is 1.70. The van der Waals surface area contributed by atoms with Crippen LogP contribution in [0.5, 0.6) is 0 Å². The van der Waals surface area contributed by atoms with E-state index in [2.05, 4.69) is 98.3 Å². The third-order valence-electron chi connectivity index (χ3n) is 3.78. The summed E-state index contributed by atoms with van der Waals surface area (Å²) < 4.78 is 0. The molecule has 6 heteroatoms. The quantitative estimate of drug-likeness (QED) is 0.367. The van der Waals surface area contributed by atoms with Crippen LogP contribution in [0.15, 0.2) is 0 Å². The molecular weight excluding hydrogens is 373 g/mol. The molecule has 0 heterocycles. The second kappa shape index (κ2) is 11.5. The van der Waals surface area contributed by atoms with Crippen LogP contribution in [0.3, 0.4) is 0 Å². The Morgan fingerprint density at radius 3 is 1.46 bits per heavy atom. The molecule has 0 radical (unpaired) electrons. The van der Waals surface area contributed by atoms with E-state index in [1.165, 1.54) is 6.42 Å².